The highest BCUT2D eigenvalue weighted by Crippen LogP contribution is 2.36. The Morgan fingerprint density at radius 3 is 1.00 bits per heavy atom. The van der Waals surface area contributed by atoms with Gasteiger partial charge < -0.3 is 116 Å². The molecule has 142 heavy (non-hydrogen) atoms. The Morgan fingerprint density at radius 2 is 0.648 bits per heavy atom. The van der Waals surface area contributed by atoms with Crippen LogP contribution in [0.1, 0.15) is 66.0 Å². The van der Waals surface area contributed by atoms with Crippen LogP contribution >= 0.6 is 0 Å². The highest BCUT2D eigenvalue weighted by Gasteiger charge is 2.31. The molecule has 0 bridgehead atoms. The Hall–Kier alpha value is -9.67. The lowest BCUT2D eigenvalue weighted by Gasteiger charge is -2.37. The van der Waals surface area contributed by atoms with Gasteiger partial charge in [0.25, 0.3) is 0 Å². The summed E-state index contributed by atoms with van der Waals surface area (Å²) in [5.74, 6) is 0.671. The number of hydrogen-bond donors (Lipinski definition) is 2. The summed E-state index contributed by atoms with van der Waals surface area (Å²) in [6.45, 7) is 35.7. The van der Waals surface area contributed by atoms with Crippen molar-refractivity contribution in [3.8, 4) is 0 Å². The molecule has 40 heteroatoms. The molecular weight excluding hydrogens is 1860 g/mol. The smallest absolute Gasteiger partial charge is 0.240 e. The van der Waals surface area contributed by atoms with E-state index in [4.69, 9.17) is 56.8 Å². The van der Waals surface area contributed by atoms with Crippen LogP contribution < -0.4 is 58.4 Å². The lowest BCUT2D eigenvalue weighted by atomic mass is 10.1. The van der Waals surface area contributed by atoms with Crippen LogP contribution in [0, 0.1) is 0 Å². The normalized spacial score (nSPS) is 18.1. The van der Waals surface area contributed by atoms with Crippen molar-refractivity contribution in [1.29, 1.82) is 0 Å². The predicted octanol–water partition coefficient (Wildman–Crippen LogP) is 7.28. The summed E-state index contributed by atoms with van der Waals surface area (Å²) in [6.07, 6.45) is 5.51. The van der Waals surface area contributed by atoms with Crippen LogP contribution in [0.4, 0.5) is 68.2 Å². The van der Waals surface area contributed by atoms with Gasteiger partial charge in [-0.1, -0.05) is 6.92 Å². The zero-order valence-corrected chi connectivity index (χ0v) is 87.6. The molecular formula is C102H155N17O21S2. The van der Waals surface area contributed by atoms with Gasteiger partial charge in [-0.05, 0) is 129 Å². The third kappa shape index (κ3) is 34.5. The van der Waals surface area contributed by atoms with Crippen molar-refractivity contribution in [2.45, 2.75) is 72.2 Å². The molecule has 0 atom stereocenters. The average molecular weight is 2020 g/mol. The van der Waals surface area contributed by atoms with Gasteiger partial charge in [-0.15, -0.1) is 0 Å². The van der Waals surface area contributed by atoms with Gasteiger partial charge in [0, 0.05) is 324 Å². The van der Waals surface area contributed by atoms with Crippen molar-refractivity contribution in [2.24, 2.45) is 0 Å². The molecule has 10 aliphatic heterocycles. The molecule has 0 aromatic heterocycles. The predicted molar refractivity (Wildman–Crippen MR) is 558 cm³/mol. The quantitative estimate of drug-likeness (QED) is 0.0408. The van der Waals surface area contributed by atoms with Crippen molar-refractivity contribution in [3.63, 3.8) is 0 Å². The molecule has 0 radical (unpaired) electrons. The summed E-state index contributed by atoms with van der Waals surface area (Å²) in [6, 6.07) is 36.0. The molecule has 0 saturated carbocycles. The zero-order chi connectivity index (χ0) is 102. The molecule has 0 aliphatic carbocycles. The van der Waals surface area contributed by atoms with Gasteiger partial charge in [0.2, 0.25) is 49.6 Å². The van der Waals surface area contributed by atoms with E-state index in [1.54, 1.807) is 79.7 Å². The standard InChI is InChI=1S/C20H30N4O3.C19H29N3O4.C18H27N3O4.C18H27N3O2.C14H22N2O4S.C13H20N2O4S/c1-21(2)20(26)14-22-9-11-23(12-10-22)18-7-6-17(13-16(18)15-27-3)24-8-4-5-19(24)25;1-20(19(23)14-21-5-9-25-10-6-21)17-3-4-18(16(13-17)15-24-2)22-7-11-26-12-8-22;1-23-14-15-12-16(2-3-17(15)21-6-10-25-11-7-21)19-18(22)13-20-4-8-24-9-5-20;1-3-19-9-11-20(12-10-19)17-7-6-16(13-15(17)14-23-2)21-8-4-5-18(21)22;1-15(21(3,17)18)13-4-5-14(12(10-13)11-19-2)16-6-8-20-9-7-16;1-18-10-11-9-12(14-20(2,16)17)3-4-13(11)15-5-7-19-8-6-15/h6-7,13H,4-5,8-12,14-15H2,1-3H3;3-4,13H,5-12,14-15H2,1-2H3;2-3,12H,4-11,13-14H2,1H3,(H,19,22);6-7,13H,3-5,8-12,14H2,1-2H3;4-5,10H,6-9,11H2,1-3H3;3-4,9,14H,5-8,10H2,1-2H3. The number of piperazine rings is 2. The molecule has 10 aliphatic rings. The number of rotatable bonds is 33. The maximum absolute atomic E-state index is 12.7. The molecule has 10 fully saturated rings. The highest BCUT2D eigenvalue weighted by atomic mass is 32.2. The largest absolute Gasteiger partial charge is 0.380 e. The van der Waals surface area contributed by atoms with E-state index in [0.29, 0.717) is 136 Å². The molecule has 2 N–H and O–H groups in total. The molecule has 5 amide bonds. The van der Waals surface area contributed by atoms with Crippen molar-refractivity contribution in [2.75, 3.05) is 391 Å². The first-order valence-corrected chi connectivity index (χ1v) is 53.2. The fourth-order valence-electron chi connectivity index (χ4n) is 18.4. The average Bonchev–Trinajstić information content (AvgIpc) is 1.61. The number of sulfonamides is 2. The number of amides is 5. The second kappa shape index (κ2) is 57.9. The van der Waals surface area contributed by atoms with Gasteiger partial charge in [-0.25, -0.2) is 16.8 Å². The van der Waals surface area contributed by atoms with Crippen LogP contribution in [0.2, 0.25) is 0 Å². The lowest BCUT2D eigenvalue weighted by molar-refractivity contribution is -0.130. The molecule has 10 saturated heterocycles. The molecule has 16 rings (SSSR count). The van der Waals surface area contributed by atoms with Crippen LogP contribution in [0.3, 0.4) is 0 Å². The van der Waals surface area contributed by atoms with Gasteiger partial charge in [-0.3, -0.25) is 47.7 Å². The van der Waals surface area contributed by atoms with Crippen LogP contribution in [-0.4, -0.2) is 404 Å². The van der Waals surface area contributed by atoms with Crippen molar-refractivity contribution in [1.82, 2.24) is 24.5 Å². The van der Waals surface area contributed by atoms with Crippen molar-refractivity contribution in [3.05, 3.63) is 143 Å². The second-order valence-electron chi connectivity index (χ2n) is 36.6. The number of methoxy groups -OCH3 is 6. The first-order chi connectivity index (χ1) is 68.6. The summed E-state index contributed by atoms with van der Waals surface area (Å²) >= 11 is 0. The first kappa shape index (κ1) is 113. The maximum atomic E-state index is 12.7. The van der Waals surface area contributed by atoms with E-state index in [2.05, 4.69) is 114 Å². The summed E-state index contributed by atoms with van der Waals surface area (Å²) < 4.78 is 114. The number of ether oxygens (including phenoxy) is 12. The second-order valence-corrected chi connectivity index (χ2v) is 40.4. The molecule has 38 nitrogen and oxygen atoms in total. The number of carbonyl (C=O) groups excluding carboxylic acids is 5. The van der Waals surface area contributed by atoms with Crippen LogP contribution in [0.15, 0.2) is 109 Å². The van der Waals surface area contributed by atoms with Crippen molar-refractivity contribution >= 4 is 118 Å². The fraction of sp³-hybridized carbons (Fsp3) is 0.598. The monoisotopic (exact) mass is 2020 g/mol. The van der Waals surface area contributed by atoms with E-state index in [1.807, 2.05) is 71.4 Å². The first-order valence-electron chi connectivity index (χ1n) is 49.5. The van der Waals surface area contributed by atoms with Gasteiger partial charge >= 0.3 is 0 Å². The maximum Gasteiger partial charge on any atom is 0.240 e. The minimum absolute atomic E-state index is 0.00406. The minimum Gasteiger partial charge on any atom is -0.380 e. The van der Waals surface area contributed by atoms with E-state index in [-0.39, 0.29) is 29.5 Å². The summed E-state index contributed by atoms with van der Waals surface area (Å²) in [5.41, 5.74) is 18.1. The third-order valence-electron chi connectivity index (χ3n) is 26.3. The van der Waals surface area contributed by atoms with Crippen LogP contribution in [-0.2, 0) is 141 Å². The van der Waals surface area contributed by atoms with E-state index in [0.717, 1.165) is 275 Å². The number of benzene rings is 6. The van der Waals surface area contributed by atoms with Crippen LogP contribution in [0.25, 0.3) is 0 Å². The Morgan fingerprint density at radius 1 is 0.345 bits per heavy atom. The minimum atomic E-state index is -3.27. The lowest BCUT2D eigenvalue weighted by Crippen LogP contribution is -2.49. The van der Waals surface area contributed by atoms with E-state index in [1.165, 1.54) is 21.8 Å². The molecule has 786 valence electrons. The van der Waals surface area contributed by atoms with E-state index in [9.17, 15) is 40.8 Å². The Kier molecular flexibility index (Phi) is 45.9. The molecule has 6 aromatic rings. The van der Waals surface area contributed by atoms with Crippen LogP contribution in [0.5, 0.6) is 0 Å². The van der Waals surface area contributed by atoms with E-state index < -0.39 is 20.0 Å². The summed E-state index contributed by atoms with van der Waals surface area (Å²) in [5, 5.41) is 3.00. The number of hydrogen-bond acceptors (Lipinski definition) is 31. The van der Waals surface area contributed by atoms with E-state index >= 15 is 0 Å². The molecule has 10 heterocycles. The summed E-state index contributed by atoms with van der Waals surface area (Å²) in [7, 11) is 10.5. The van der Waals surface area contributed by atoms with Crippen molar-refractivity contribution < 1.29 is 97.7 Å². The number of anilines is 12. The molecule has 6 aromatic carbocycles. The Labute approximate surface area is 841 Å². The topological polar surface area (TPSA) is 337 Å². The van der Waals surface area contributed by atoms with Gasteiger partial charge in [0.05, 0.1) is 157 Å². The number of likely N-dealkylation sites (N-methyl/N-ethyl adjacent to an activating group) is 3. The summed E-state index contributed by atoms with van der Waals surface area (Å²) in [4.78, 5) is 90.8. The number of nitrogens with one attached hydrogen (secondary N) is 2. The highest BCUT2D eigenvalue weighted by molar-refractivity contribution is 7.92. The fourth-order valence-corrected chi connectivity index (χ4v) is 19.5. The van der Waals surface area contributed by atoms with Gasteiger partial charge in [0.15, 0.2) is 0 Å². The molecule has 0 unspecified atom stereocenters. The van der Waals surface area contributed by atoms with Gasteiger partial charge in [-0.2, -0.15) is 0 Å². The zero-order valence-electron chi connectivity index (χ0n) is 85.9. The third-order valence-corrected chi connectivity index (χ3v) is 28.1. The number of carbonyl (C=O) groups is 5. The number of nitrogens with zero attached hydrogens (tertiary/aromatic N) is 15. The Balaban J connectivity index is 0.000000163. The Bertz CT molecular complexity index is 5180. The molecule has 0 spiro atoms. The SMILES string of the molecule is CCN1CCN(c2ccc(N3CCCC3=O)cc2COC)CC1.COCc1cc(N(C)C(=O)CN2CCOCC2)ccc1N1CCOCC1.COCc1cc(N(C)S(C)(=O)=O)ccc1N1CCOCC1.COCc1cc(N2CCCC2=O)ccc1N1CCN(CC(=O)N(C)C)CC1.COCc1cc(NC(=O)CN2CCOCC2)ccc1N1CCOCC1.COCc1cc(NS(C)(=O)=O)ccc1N1CCOCC1. The van der Waals surface area contributed by atoms with Gasteiger partial charge in [0.1, 0.15) is 0 Å². The number of morpholine rings is 6.